The van der Waals surface area contributed by atoms with Crippen LogP contribution in [0.15, 0.2) is 24.3 Å². The molecule has 1 amide bonds. The first-order valence-electron chi connectivity index (χ1n) is 10.9. The SMILES string of the molecule is CC1CCCC(c2ccc(NC(=O)CCCCNS(=O)(=O)C(C)(C)C)cc2)C1C. The van der Waals surface area contributed by atoms with Crippen LogP contribution in [0.2, 0.25) is 0 Å². The lowest BCUT2D eigenvalue weighted by Crippen LogP contribution is -2.39. The first-order chi connectivity index (χ1) is 13.5. The predicted molar refractivity (Wildman–Crippen MR) is 121 cm³/mol. The molecular weight excluding hydrogens is 384 g/mol. The van der Waals surface area contributed by atoms with E-state index in [0.29, 0.717) is 37.6 Å². The normalized spacial score (nSPS) is 23.0. The van der Waals surface area contributed by atoms with Crippen LogP contribution in [0.25, 0.3) is 0 Å². The molecule has 0 aliphatic heterocycles. The van der Waals surface area contributed by atoms with Crippen molar-refractivity contribution in [2.75, 3.05) is 11.9 Å². The van der Waals surface area contributed by atoms with E-state index in [4.69, 9.17) is 0 Å². The Bertz CT molecular complexity index is 766. The molecule has 5 nitrogen and oxygen atoms in total. The number of nitrogens with one attached hydrogen (secondary N) is 2. The highest BCUT2D eigenvalue weighted by molar-refractivity contribution is 7.90. The molecule has 6 heteroatoms. The minimum atomic E-state index is -3.32. The predicted octanol–water partition coefficient (Wildman–Crippen LogP) is 5.05. The summed E-state index contributed by atoms with van der Waals surface area (Å²) in [5.74, 6) is 2.04. The maximum absolute atomic E-state index is 12.2. The van der Waals surface area contributed by atoms with Gasteiger partial charge in [-0.1, -0.05) is 38.8 Å². The van der Waals surface area contributed by atoms with Gasteiger partial charge in [0.15, 0.2) is 0 Å². The molecule has 164 valence electrons. The van der Waals surface area contributed by atoms with Crippen LogP contribution < -0.4 is 10.0 Å². The number of sulfonamides is 1. The van der Waals surface area contributed by atoms with Gasteiger partial charge in [0.2, 0.25) is 15.9 Å². The highest BCUT2D eigenvalue weighted by atomic mass is 32.2. The summed E-state index contributed by atoms with van der Waals surface area (Å²) in [5, 5.41) is 2.95. The summed E-state index contributed by atoms with van der Waals surface area (Å²) >= 11 is 0. The van der Waals surface area contributed by atoms with E-state index in [0.717, 1.165) is 11.6 Å². The topological polar surface area (TPSA) is 75.3 Å². The maximum Gasteiger partial charge on any atom is 0.224 e. The van der Waals surface area contributed by atoms with Gasteiger partial charge in [0.1, 0.15) is 0 Å². The Morgan fingerprint density at radius 3 is 2.34 bits per heavy atom. The third-order valence-electron chi connectivity index (χ3n) is 6.26. The summed E-state index contributed by atoms with van der Waals surface area (Å²) in [5.41, 5.74) is 2.19. The number of benzene rings is 1. The van der Waals surface area contributed by atoms with Crippen molar-refractivity contribution in [1.82, 2.24) is 4.72 Å². The summed E-state index contributed by atoms with van der Waals surface area (Å²) in [4.78, 5) is 12.2. The van der Waals surface area contributed by atoms with Crippen LogP contribution in [0.5, 0.6) is 0 Å². The quantitative estimate of drug-likeness (QED) is 0.575. The van der Waals surface area contributed by atoms with Crippen molar-refractivity contribution in [1.29, 1.82) is 0 Å². The second kappa shape index (κ2) is 10.1. The lowest BCUT2D eigenvalue weighted by Gasteiger charge is -2.34. The summed E-state index contributed by atoms with van der Waals surface area (Å²) < 4.78 is 25.8. The Labute approximate surface area is 177 Å². The summed E-state index contributed by atoms with van der Waals surface area (Å²) in [6.45, 7) is 10.1. The zero-order valence-corrected chi connectivity index (χ0v) is 19.4. The van der Waals surface area contributed by atoms with Crippen LogP contribution in [0.4, 0.5) is 5.69 Å². The van der Waals surface area contributed by atoms with E-state index in [9.17, 15) is 13.2 Å². The van der Waals surface area contributed by atoms with E-state index >= 15 is 0 Å². The molecule has 0 aromatic heterocycles. The first-order valence-corrected chi connectivity index (χ1v) is 12.4. The number of anilines is 1. The van der Waals surface area contributed by atoms with Crippen LogP contribution >= 0.6 is 0 Å². The molecule has 1 aliphatic carbocycles. The van der Waals surface area contributed by atoms with Crippen molar-refractivity contribution in [2.45, 2.75) is 83.8 Å². The zero-order valence-electron chi connectivity index (χ0n) is 18.6. The van der Waals surface area contributed by atoms with Crippen molar-refractivity contribution in [3.8, 4) is 0 Å². The van der Waals surface area contributed by atoms with Gasteiger partial charge in [0.25, 0.3) is 0 Å². The van der Waals surface area contributed by atoms with E-state index in [2.05, 4.69) is 36.0 Å². The average Bonchev–Trinajstić information content (AvgIpc) is 2.63. The lowest BCUT2D eigenvalue weighted by atomic mass is 9.71. The second-order valence-electron chi connectivity index (χ2n) is 9.51. The molecule has 0 radical (unpaired) electrons. The number of carbonyl (C=O) groups excluding carboxylic acids is 1. The molecule has 2 rings (SSSR count). The van der Waals surface area contributed by atoms with Gasteiger partial charge in [-0.05, 0) is 75.5 Å². The number of carbonyl (C=O) groups is 1. The standard InChI is InChI=1S/C23H38N2O3S/c1-17-9-8-10-21(18(17)2)19-12-14-20(15-13-19)25-22(26)11-6-7-16-24-29(27,28)23(3,4)5/h12-15,17-18,21,24H,6-11,16H2,1-5H3,(H,25,26). The van der Waals surface area contributed by atoms with Crippen molar-refractivity contribution in [2.24, 2.45) is 11.8 Å². The van der Waals surface area contributed by atoms with Crippen LogP contribution in [0, 0.1) is 11.8 Å². The molecule has 1 aromatic carbocycles. The summed E-state index contributed by atoms with van der Waals surface area (Å²) in [6, 6.07) is 8.29. The molecule has 1 aromatic rings. The third kappa shape index (κ3) is 6.82. The van der Waals surface area contributed by atoms with Gasteiger partial charge in [-0.3, -0.25) is 4.79 Å². The van der Waals surface area contributed by atoms with Crippen LogP contribution in [0.1, 0.15) is 84.6 Å². The second-order valence-corrected chi connectivity index (χ2v) is 12.0. The van der Waals surface area contributed by atoms with E-state index in [1.54, 1.807) is 20.8 Å². The minimum absolute atomic E-state index is 0.0314. The van der Waals surface area contributed by atoms with Crippen molar-refractivity contribution < 1.29 is 13.2 Å². The third-order valence-corrected chi connectivity index (χ3v) is 8.45. The molecule has 3 atom stereocenters. The maximum atomic E-state index is 12.2. The zero-order chi connectivity index (χ0) is 21.7. The van der Waals surface area contributed by atoms with Crippen molar-refractivity contribution in [3.05, 3.63) is 29.8 Å². The monoisotopic (exact) mass is 422 g/mol. The number of hydrogen-bond donors (Lipinski definition) is 2. The first kappa shape index (κ1) is 23.9. The Hall–Kier alpha value is -1.40. The van der Waals surface area contributed by atoms with E-state index in [-0.39, 0.29) is 5.91 Å². The van der Waals surface area contributed by atoms with Gasteiger partial charge in [0, 0.05) is 18.7 Å². The molecule has 1 aliphatic rings. The minimum Gasteiger partial charge on any atom is -0.326 e. The summed E-state index contributed by atoms with van der Waals surface area (Å²) in [7, 11) is -3.32. The Morgan fingerprint density at radius 2 is 1.72 bits per heavy atom. The molecule has 1 fully saturated rings. The van der Waals surface area contributed by atoms with Gasteiger partial charge in [0.05, 0.1) is 4.75 Å². The molecule has 29 heavy (non-hydrogen) atoms. The Balaban J connectivity index is 1.74. The fourth-order valence-corrected chi connectivity index (χ4v) is 4.77. The smallest absolute Gasteiger partial charge is 0.224 e. The van der Waals surface area contributed by atoms with Gasteiger partial charge < -0.3 is 5.32 Å². The number of rotatable bonds is 8. The molecular formula is C23H38N2O3S. The number of hydrogen-bond acceptors (Lipinski definition) is 3. The molecule has 0 bridgehead atoms. The van der Waals surface area contributed by atoms with Crippen molar-refractivity contribution in [3.63, 3.8) is 0 Å². The number of unbranched alkanes of at least 4 members (excludes halogenated alkanes) is 1. The van der Waals surface area contributed by atoms with E-state index in [1.807, 2.05) is 12.1 Å². The molecule has 1 saturated carbocycles. The highest BCUT2D eigenvalue weighted by Crippen LogP contribution is 2.40. The van der Waals surface area contributed by atoms with Crippen LogP contribution in [0.3, 0.4) is 0 Å². The summed E-state index contributed by atoms with van der Waals surface area (Å²) in [6.07, 6.45) is 5.53. The fourth-order valence-electron chi connectivity index (χ4n) is 3.92. The molecule has 2 N–H and O–H groups in total. The van der Waals surface area contributed by atoms with Gasteiger partial charge in [-0.15, -0.1) is 0 Å². The Kier molecular flexibility index (Phi) is 8.29. The molecule has 0 saturated heterocycles. The van der Waals surface area contributed by atoms with Crippen LogP contribution in [-0.2, 0) is 14.8 Å². The lowest BCUT2D eigenvalue weighted by molar-refractivity contribution is -0.116. The highest BCUT2D eigenvalue weighted by Gasteiger charge is 2.28. The number of amides is 1. The van der Waals surface area contributed by atoms with Gasteiger partial charge >= 0.3 is 0 Å². The van der Waals surface area contributed by atoms with E-state index < -0.39 is 14.8 Å². The van der Waals surface area contributed by atoms with Gasteiger partial charge in [-0.25, -0.2) is 13.1 Å². The Morgan fingerprint density at radius 1 is 1.07 bits per heavy atom. The molecule has 3 unspecified atom stereocenters. The van der Waals surface area contributed by atoms with Crippen molar-refractivity contribution >= 4 is 21.6 Å². The van der Waals surface area contributed by atoms with Crippen LogP contribution in [-0.4, -0.2) is 25.6 Å². The van der Waals surface area contributed by atoms with Gasteiger partial charge in [-0.2, -0.15) is 0 Å². The molecule has 0 spiro atoms. The largest absolute Gasteiger partial charge is 0.326 e. The fraction of sp³-hybridized carbons (Fsp3) is 0.696. The molecule has 0 heterocycles. The average molecular weight is 423 g/mol. The van der Waals surface area contributed by atoms with E-state index in [1.165, 1.54) is 24.8 Å².